The molecule has 0 atom stereocenters. The zero-order valence-electron chi connectivity index (χ0n) is 11.9. The molecule has 0 aliphatic rings. The van der Waals surface area contributed by atoms with Crippen molar-refractivity contribution in [1.29, 1.82) is 0 Å². The number of hydrogen-bond acceptors (Lipinski definition) is 4. The molecule has 0 unspecified atom stereocenters. The summed E-state index contributed by atoms with van der Waals surface area (Å²) in [4.78, 5) is 22.3. The standard InChI is InChI=1S/C15H13BrN2O4/c1-8-7-12(13(16)9(2)14(8)19)17-15(20)10-3-5-11(6-4-10)18(21)22/h3-7,19H,1-2H3,(H,17,20). The number of halogens is 1. The molecule has 2 aromatic carbocycles. The average molecular weight is 365 g/mol. The second-order valence-corrected chi connectivity index (χ2v) is 5.58. The van der Waals surface area contributed by atoms with E-state index in [1.807, 2.05) is 0 Å². The highest BCUT2D eigenvalue weighted by Gasteiger charge is 2.14. The average Bonchev–Trinajstić information content (AvgIpc) is 2.50. The van der Waals surface area contributed by atoms with Crippen molar-refractivity contribution in [3.8, 4) is 5.75 Å². The predicted octanol–water partition coefficient (Wildman–Crippen LogP) is 3.93. The van der Waals surface area contributed by atoms with Crippen LogP contribution in [0.4, 0.5) is 11.4 Å². The topological polar surface area (TPSA) is 92.5 Å². The molecule has 22 heavy (non-hydrogen) atoms. The quantitative estimate of drug-likeness (QED) is 0.490. The van der Waals surface area contributed by atoms with Crippen molar-refractivity contribution >= 4 is 33.2 Å². The van der Waals surface area contributed by atoms with Gasteiger partial charge in [0.05, 0.1) is 10.6 Å². The number of nitro benzene ring substituents is 1. The maximum absolute atomic E-state index is 12.2. The molecule has 1 amide bonds. The molecule has 0 heterocycles. The highest BCUT2D eigenvalue weighted by Crippen LogP contribution is 2.35. The van der Waals surface area contributed by atoms with E-state index in [0.717, 1.165) is 0 Å². The van der Waals surface area contributed by atoms with Gasteiger partial charge in [0.15, 0.2) is 0 Å². The number of nitrogens with one attached hydrogen (secondary N) is 1. The molecule has 0 fully saturated rings. The van der Waals surface area contributed by atoms with Gasteiger partial charge in [-0.05, 0) is 53.5 Å². The molecule has 0 saturated heterocycles. The van der Waals surface area contributed by atoms with Crippen LogP contribution in [0.2, 0.25) is 0 Å². The fourth-order valence-electron chi connectivity index (χ4n) is 1.97. The van der Waals surface area contributed by atoms with E-state index in [4.69, 9.17) is 0 Å². The number of hydrogen-bond donors (Lipinski definition) is 2. The minimum Gasteiger partial charge on any atom is -0.507 e. The van der Waals surface area contributed by atoms with Gasteiger partial charge in [0.2, 0.25) is 0 Å². The van der Waals surface area contributed by atoms with Crippen LogP contribution in [0, 0.1) is 24.0 Å². The van der Waals surface area contributed by atoms with Gasteiger partial charge in [-0.3, -0.25) is 14.9 Å². The first-order valence-electron chi connectivity index (χ1n) is 6.35. The Morgan fingerprint density at radius 1 is 1.27 bits per heavy atom. The number of carbonyl (C=O) groups excluding carboxylic acids is 1. The summed E-state index contributed by atoms with van der Waals surface area (Å²) in [6.07, 6.45) is 0. The van der Waals surface area contributed by atoms with E-state index in [9.17, 15) is 20.0 Å². The van der Waals surface area contributed by atoms with Crippen molar-refractivity contribution in [1.82, 2.24) is 0 Å². The van der Waals surface area contributed by atoms with Crippen LogP contribution in [-0.2, 0) is 0 Å². The van der Waals surface area contributed by atoms with Crippen LogP contribution in [0.1, 0.15) is 21.5 Å². The fourth-order valence-corrected chi connectivity index (χ4v) is 2.37. The molecular formula is C15H13BrN2O4. The number of amides is 1. The largest absolute Gasteiger partial charge is 0.507 e. The molecule has 7 heteroatoms. The number of anilines is 1. The summed E-state index contributed by atoms with van der Waals surface area (Å²) in [5.41, 5.74) is 2.02. The molecule has 0 spiro atoms. The number of carbonyl (C=O) groups is 1. The lowest BCUT2D eigenvalue weighted by Crippen LogP contribution is -2.12. The van der Waals surface area contributed by atoms with Crippen LogP contribution < -0.4 is 5.32 Å². The van der Waals surface area contributed by atoms with E-state index < -0.39 is 4.92 Å². The fraction of sp³-hybridized carbons (Fsp3) is 0.133. The zero-order chi connectivity index (χ0) is 16.4. The first-order chi connectivity index (χ1) is 10.3. The lowest BCUT2D eigenvalue weighted by molar-refractivity contribution is -0.384. The number of phenols is 1. The smallest absolute Gasteiger partial charge is 0.269 e. The van der Waals surface area contributed by atoms with Crippen molar-refractivity contribution in [2.24, 2.45) is 0 Å². The van der Waals surface area contributed by atoms with Gasteiger partial charge in [-0.15, -0.1) is 0 Å². The normalized spacial score (nSPS) is 10.3. The van der Waals surface area contributed by atoms with E-state index in [-0.39, 0.29) is 17.3 Å². The Morgan fingerprint density at radius 2 is 1.86 bits per heavy atom. The summed E-state index contributed by atoms with van der Waals surface area (Å²) in [6.45, 7) is 3.46. The van der Waals surface area contributed by atoms with Crippen LogP contribution in [0.3, 0.4) is 0 Å². The lowest BCUT2D eigenvalue weighted by atomic mass is 10.1. The van der Waals surface area contributed by atoms with E-state index in [1.165, 1.54) is 24.3 Å². The van der Waals surface area contributed by atoms with Crippen LogP contribution in [0.25, 0.3) is 0 Å². The summed E-state index contributed by atoms with van der Waals surface area (Å²) in [7, 11) is 0. The van der Waals surface area contributed by atoms with Crippen molar-refractivity contribution in [2.75, 3.05) is 5.32 Å². The number of phenolic OH excluding ortho intramolecular Hbond substituents is 1. The molecule has 0 aliphatic carbocycles. The third-order valence-corrected chi connectivity index (χ3v) is 4.27. The summed E-state index contributed by atoms with van der Waals surface area (Å²) in [5, 5.41) is 23.2. The van der Waals surface area contributed by atoms with Gasteiger partial charge < -0.3 is 10.4 Å². The number of non-ortho nitro benzene ring substituents is 1. The Hall–Kier alpha value is -2.41. The highest BCUT2D eigenvalue weighted by atomic mass is 79.9. The molecular weight excluding hydrogens is 352 g/mol. The number of aryl methyl sites for hydroxylation is 1. The molecule has 0 aromatic heterocycles. The predicted molar refractivity (Wildman–Crippen MR) is 86.3 cm³/mol. The van der Waals surface area contributed by atoms with Gasteiger partial charge in [0.25, 0.3) is 11.6 Å². The molecule has 0 radical (unpaired) electrons. The Balaban J connectivity index is 2.27. The van der Waals surface area contributed by atoms with Gasteiger partial charge in [-0.1, -0.05) is 0 Å². The Kier molecular flexibility index (Phi) is 4.46. The number of aromatic hydroxyl groups is 1. The first kappa shape index (κ1) is 16.0. The SMILES string of the molecule is Cc1cc(NC(=O)c2ccc([N+](=O)[O-])cc2)c(Br)c(C)c1O. The molecule has 2 N–H and O–H groups in total. The van der Waals surface area contributed by atoms with Crippen molar-refractivity contribution in [3.63, 3.8) is 0 Å². The summed E-state index contributed by atoms with van der Waals surface area (Å²) in [6, 6.07) is 6.98. The molecule has 2 aromatic rings. The van der Waals surface area contributed by atoms with Gasteiger partial charge >= 0.3 is 0 Å². The maximum atomic E-state index is 12.2. The Morgan fingerprint density at radius 3 is 2.41 bits per heavy atom. The lowest BCUT2D eigenvalue weighted by Gasteiger charge is -2.13. The van der Waals surface area contributed by atoms with Crippen LogP contribution >= 0.6 is 15.9 Å². The van der Waals surface area contributed by atoms with Gasteiger partial charge in [0.1, 0.15) is 5.75 Å². The van der Waals surface area contributed by atoms with Crippen LogP contribution in [0.5, 0.6) is 5.75 Å². The van der Waals surface area contributed by atoms with Crippen molar-refractivity contribution < 1.29 is 14.8 Å². The molecule has 114 valence electrons. The summed E-state index contributed by atoms with van der Waals surface area (Å²) < 4.78 is 0.589. The van der Waals surface area contributed by atoms with E-state index in [1.54, 1.807) is 19.9 Å². The number of nitro groups is 1. The number of benzene rings is 2. The second kappa shape index (κ2) is 6.15. The zero-order valence-corrected chi connectivity index (χ0v) is 13.5. The monoisotopic (exact) mass is 364 g/mol. The minimum absolute atomic E-state index is 0.0750. The Labute approximate surface area is 135 Å². The van der Waals surface area contributed by atoms with E-state index in [2.05, 4.69) is 21.2 Å². The molecule has 0 bridgehead atoms. The number of nitrogens with zero attached hydrogens (tertiary/aromatic N) is 1. The molecule has 6 nitrogen and oxygen atoms in total. The van der Waals surface area contributed by atoms with Gasteiger partial charge in [0, 0.05) is 27.7 Å². The van der Waals surface area contributed by atoms with Gasteiger partial charge in [-0.25, -0.2) is 0 Å². The maximum Gasteiger partial charge on any atom is 0.269 e. The second-order valence-electron chi connectivity index (χ2n) is 4.79. The van der Waals surface area contributed by atoms with Crippen molar-refractivity contribution in [3.05, 3.63) is 61.6 Å². The Bertz CT molecular complexity index is 757. The van der Waals surface area contributed by atoms with E-state index >= 15 is 0 Å². The molecule has 2 rings (SSSR count). The molecule has 0 aliphatic heterocycles. The van der Waals surface area contributed by atoms with Crippen LogP contribution in [-0.4, -0.2) is 15.9 Å². The third kappa shape index (κ3) is 3.09. The number of rotatable bonds is 3. The first-order valence-corrected chi connectivity index (χ1v) is 7.15. The van der Waals surface area contributed by atoms with Crippen LogP contribution in [0.15, 0.2) is 34.8 Å². The van der Waals surface area contributed by atoms with E-state index in [0.29, 0.717) is 26.9 Å². The summed E-state index contributed by atoms with van der Waals surface area (Å²) >= 11 is 3.33. The summed E-state index contributed by atoms with van der Waals surface area (Å²) in [5.74, 6) is -0.222. The molecule has 0 saturated carbocycles. The van der Waals surface area contributed by atoms with Crippen molar-refractivity contribution in [2.45, 2.75) is 13.8 Å². The minimum atomic E-state index is -0.523. The third-order valence-electron chi connectivity index (χ3n) is 3.24. The van der Waals surface area contributed by atoms with Gasteiger partial charge in [-0.2, -0.15) is 0 Å². The highest BCUT2D eigenvalue weighted by molar-refractivity contribution is 9.10.